The van der Waals surface area contributed by atoms with E-state index < -0.39 is 10.0 Å². The minimum absolute atomic E-state index is 0.140. The van der Waals surface area contributed by atoms with Gasteiger partial charge in [0.2, 0.25) is 10.0 Å². The summed E-state index contributed by atoms with van der Waals surface area (Å²) in [6, 6.07) is 4.19. The van der Waals surface area contributed by atoms with Gasteiger partial charge in [-0.25, -0.2) is 13.6 Å². The summed E-state index contributed by atoms with van der Waals surface area (Å²) in [7, 11) is -3.89. The van der Waals surface area contributed by atoms with Gasteiger partial charge in [0.1, 0.15) is 0 Å². The topological polar surface area (TPSA) is 80.5 Å². The first-order valence-corrected chi connectivity index (χ1v) is 8.77. The van der Waals surface area contributed by atoms with Crippen molar-refractivity contribution in [2.45, 2.75) is 37.6 Å². The first kappa shape index (κ1) is 16.3. The number of hydrogen-bond donors (Lipinski definition) is 1. The fourth-order valence-corrected chi connectivity index (χ4v) is 3.64. The monoisotopic (exact) mass is 330 g/mol. The Morgan fingerprint density at radius 3 is 2.62 bits per heavy atom. The molecule has 1 unspecified atom stereocenters. The van der Waals surface area contributed by atoms with Gasteiger partial charge in [-0.05, 0) is 37.0 Å². The Labute approximate surface area is 130 Å². The summed E-state index contributed by atoms with van der Waals surface area (Å²) in [4.78, 5) is 14.3. The molecule has 1 aliphatic heterocycles. The minimum Gasteiger partial charge on any atom is -0.335 e. The van der Waals surface area contributed by atoms with Crippen molar-refractivity contribution in [1.29, 1.82) is 0 Å². The highest BCUT2D eigenvalue weighted by Gasteiger charge is 2.31. The van der Waals surface area contributed by atoms with Gasteiger partial charge in [-0.15, -0.1) is 0 Å². The molecule has 1 aromatic rings. The maximum atomic E-state index is 12.6. The van der Waals surface area contributed by atoms with Crippen molar-refractivity contribution in [1.82, 2.24) is 4.90 Å². The van der Waals surface area contributed by atoms with E-state index in [1.54, 1.807) is 4.90 Å². The molecule has 21 heavy (non-hydrogen) atoms. The van der Waals surface area contributed by atoms with Gasteiger partial charge in [0.05, 0.1) is 4.90 Å². The molecule has 1 aromatic carbocycles. The van der Waals surface area contributed by atoms with Crippen LogP contribution < -0.4 is 5.14 Å². The molecule has 0 saturated carbocycles. The number of rotatable bonds is 3. The molecule has 0 aromatic heterocycles. The molecule has 1 fully saturated rings. The van der Waals surface area contributed by atoms with Crippen molar-refractivity contribution in [2.75, 3.05) is 6.54 Å². The Bertz CT molecular complexity index is 658. The van der Waals surface area contributed by atoms with Crippen molar-refractivity contribution in [3.05, 3.63) is 28.8 Å². The summed E-state index contributed by atoms with van der Waals surface area (Å²) >= 11 is 5.92. The van der Waals surface area contributed by atoms with Gasteiger partial charge in [0.15, 0.2) is 0 Å². The summed E-state index contributed by atoms with van der Waals surface area (Å²) in [6.07, 6.45) is 1.92. The summed E-state index contributed by atoms with van der Waals surface area (Å²) in [5.41, 5.74) is 0.263. The summed E-state index contributed by atoms with van der Waals surface area (Å²) in [6.45, 7) is 4.83. The molecule has 1 saturated heterocycles. The third-order valence-corrected chi connectivity index (χ3v) is 4.89. The first-order valence-electron chi connectivity index (χ1n) is 6.84. The SMILES string of the molecule is CC(C)C1CCCN1C(=O)c1cc(Cl)cc(S(N)(=O)=O)c1. The number of primary sulfonamides is 1. The largest absolute Gasteiger partial charge is 0.335 e. The highest BCUT2D eigenvalue weighted by Crippen LogP contribution is 2.27. The van der Waals surface area contributed by atoms with Crippen molar-refractivity contribution in [2.24, 2.45) is 11.1 Å². The summed E-state index contributed by atoms with van der Waals surface area (Å²) < 4.78 is 22.9. The molecule has 116 valence electrons. The standard InChI is InChI=1S/C14H19ClN2O3S/c1-9(2)13-4-3-5-17(13)14(18)10-6-11(15)8-12(7-10)21(16,19)20/h6-9,13H,3-5H2,1-2H3,(H2,16,19,20). The number of benzene rings is 1. The van der Waals surface area contributed by atoms with Gasteiger partial charge >= 0.3 is 0 Å². The van der Waals surface area contributed by atoms with Gasteiger partial charge in [-0.1, -0.05) is 25.4 Å². The molecule has 0 radical (unpaired) electrons. The smallest absolute Gasteiger partial charge is 0.254 e. The minimum atomic E-state index is -3.89. The Morgan fingerprint density at radius 2 is 2.05 bits per heavy atom. The van der Waals surface area contributed by atoms with E-state index in [1.807, 2.05) is 0 Å². The molecule has 2 rings (SSSR count). The number of amides is 1. The number of carbonyl (C=O) groups is 1. The van der Waals surface area contributed by atoms with Crippen LogP contribution in [0.15, 0.2) is 23.1 Å². The Balaban J connectivity index is 2.38. The molecular weight excluding hydrogens is 312 g/mol. The van der Waals surface area contributed by atoms with Crippen LogP contribution in [-0.2, 0) is 10.0 Å². The molecule has 0 aliphatic carbocycles. The second kappa shape index (κ2) is 5.94. The molecule has 1 aliphatic rings. The van der Waals surface area contributed by atoms with E-state index in [9.17, 15) is 13.2 Å². The van der Waals surface area contributed by atoms with Crippen molar-refractivity contribution >= 4 is 27.5 Å². The molecule has 1 atom stereocenters. The number of hydrogen-bond acceptors (Lipinski definition) is 3. The quantitative estimate of drug-likeness (QED) is 0.923. The fraction of sp³-hybridized carbons (Fsp3) is 0.500. The normalized spacial score (nSPS) is 19.3. The van der Waals surface area contributed by atoms with E-state index in [1.165, 1.54) is 18.2 Å². The Morgan fingerprint density at radius 1 is 1.38 bits per heavy atom. The van der Waals surface area contributed by atoms with E-state index in [2.05, 4.69) is 13.8 Å². The van der Waals surface area contributed by atoms with E-state index >= 15 is 0 Å². The fourth-order valence-electron chi connectivity index (χ4n) is 2.75. The molecule has 1 amide bonds. The van der Waals surface area contributed by atoms with Gasteiger partial charge in [0.25, 0.3) is 5.91 Å². The zero-order valence-corrected chi connectivity index (χ0v) is 13.6. The predicted octanol–water partition coefficient (Wildman–Crippen LogP) is 2.25. The Hall–Kier alpha value is -1.11. The van der Waals surface area contributed by atoms with Crippen LogP contribution in [0.4, 0.5) is 0 Å². The van der Waals surface area contributed by atoms with Gasteiger partial charge < -0.3 is 4.90 Å². The van der Waals surface area contributed by atoms with Gasteiger partial charge in [-0.2, -0.15) is 0 Å². The number of carbonyl (C=O) groups excluding carboxylic acids is 1. The highest BCUT2D eigenvalue weighted by molar-refractivity contribution is 7.89. The third-order valence-electron chi connectivity index (χ3n) is 3.78. The van der Waals surface area contributed by atoms with E-state index in [-0.39, 0.29) is 27.4 Å². The van der Waals surface area contributed by atoms with Crippen LogP contribution in [0, 0.1) is 5.92 Å². The molecule has 0 bridgehead atoms. The molecule has 5 nitrogen and oxygen atoms in total. The molecular formula is C14H19ClN2O3S. The second-order valence-electron chi connectivity index (χ2n) is 5.67. The van der Waals surface area contributed by atoms with Crippen LogP contribution in [-0.4, -0.2) is 31.8 Å². The van der Waals surface area contributed by atoms with Crippen molar-refractivity contribution < 1.29 is 13.2 Å². The number of nitrogens with two attached hydrogens (primary N) is 1. The number of nitrogens with zero attached hydrogens (tertiary/aromatic N) is 1. The van der Waals surface area contributed by atoms with E-state index in [0.717, 1.165) is 12.8 Å². The number of sulfonamides is 1. The van der Waals surface area contributed by atoms with Crippen molar-refractivity contribution in [3.8, 4) is 0 Å². The van der Waals surface area contributed by atoms with E-state index in [4.69, 9.17) is 16.7 Å². The van der Waals surface area contributed by atoms with Crippen LogP contribution in [0.3, 0.4) is 0 Å². The third kappa shape index (κ3) is 3.56. The lowest BCUT2D eigenvalue weighted by molar-refractivity contribution is 0.0701. The molecule has 1 heterocycles. The molecule has 2 N–H and O–H groups in total. The molecule has 0 spiro atoms. The van der Waals surface area contributed by atoms with E-state index in [0.29, 0.717) is 12.5 Å². The summed E-state index contributed by atoms with van der Waals surface area (Å²) in [5, 5.41) is 5.30. The van der Waals surface area contributed by atoms with Gasteiger partial charge in [0, 0.05) is 23.2 Å². The van der Waals surface area contributed by atoms with Crippen LogP contribution in [0.5, 0.6) is 0 Å². The molecule has 7 heteroatoms. The lowest BCUT2D eigenvalue weighted by Gasteiger charge is -2.28. The van der Waals surface area contributed by atoms with Crippen LogP contribution in [0.2, 0.25) is 5.02 Å². The second-order valence-corrected chi connectivity index (χ2v) is 7.67. The first-order chi connectivity index (χ1) is 9.70. The number of likely N-dealkylation sites (tertiary alicyclic amines) is 1. The lowest BCUT2D eigenvalue weighted by atomic mass is 10.0. The average Bonchev–Trinajstić information content (AvgIpc) is 2.85. The van der Waals surface area contributed by atoms with Crippen LogP contribution in [0.1, 0.15) is 37.0 Å². The zero-order chi connectivity index (χ0) is 15.8. The average molecular weight is 331 g/mol. The van der Waals surface area contributed by atoms with Crippen LogP contribution in [0.25, 0.3) is 0 Å². The maximum absolute atomic E-state index is 12.6. The van der Waals surface area contributed by atoms with Crippen molar-refractivity contribution in [3.63, 3.8) is 0 Å². The zero-order valence-electron chi connectivity index (χ0n) is 12.0. The number of halogens is 1. The van der Waals surface area contributed by atoms with Gasteiger partial charge in [-0.3, -0.25) is 4.79 Å². The maximum Gasteiger partial charge on any atom is 0.254 e. The summed E-state index contributed by atoms with van der Waals surface area (Å²) in [5.74, 6) is 0.159. The lowest BCUT2D eigenvalue weighted by Crippen LogP contribution is -2.38. The predicted molar refractivity (Wildman–Crippen MR) is 81.7 cm³/mol. The Kier molecular flexibility index (Phi) is 4.60. The highest BCUT2D eigenvalue weighted by atomic mass is 35.5. The van der Waals surface area contributed by atoms with Crippen LogP contribution >= 0.6 is 11.6 Å².